The molecule has 0 amide bonds. The molecule has 0 saturated heterocycles. The maximum atomic E-state index is 14.1. The monoisotopic (exact) mass is 418 g/mol. The molecule has 4 rings (SSSR count). The minimum atomic E-state index is -1.55. The van der Waals surface area contributed by atoms with E-state index in [0.717, 1.165) is 11.1 Å². The maximum Gasteiger partial charge on any atom is 0.166 e. The summed E-state index contributed by atoms with van der Waals surface area (Å²) in [4.78, 5) is 0. The lowest BCUT2D eigenvalue weighted by molar-refractivity contribution is 0.579. The molecule has 0 aliphatic heterocycles. The van der Waals surface area contributed by atoms with Gasteiger partial charge in [-0.1, -0.05) is 84.9 Å². The second-order valence-corrected chi connectivity index (χ2v) is 8.62. The lowest BCUT2D eigenvalue weighted by Gasteiger charge is -2.30. The van der Waals surface area contributed by atoms with E-state index in [1.165, 1.54) is 24.3 Å². The average molecular weight is 419 g/mol. The predicted molar refractivity (Wildman–Crippen MR) is 118 cm³/mol. The third-order valence-corrected chi connectivity index (χ3v) is 6.99. The summed E-state index contributed by atoms with van der Waals surface area (Å²) in [5.74, 6) is -0.764. The Hall–Kier alpha value is -2.95. The fourth-order valence-corrected chi connectivity index (χ4v) is 5.61. The van der Waals surface area contributed by atoms with Crippen molar-refractivity contribution in [3.63, 3.8) is 0 Å². The summed E-state index contributed by atoms with van der Waals surface area (Å²) < 4.78 is 42.3. The Morgan fingerprint density at radius 3 is 1.23 bits per heavy atom. The molecule has 0 aliphatic rings. The molecule has 2 unspecified atom stereocenters. The molecule has 30 heavy (non-hydrogen) atoms. The highest BCUT2D eigenvalue weighted by Gasteiger charge is 2.36. The lowest BCUT2D eigenvalue weighted by Crippen LogP contribution is -2.23. The van der Waals surface area contributed by atoms with Crippen LogP contribution in [-0.2, 0) is 11.2 Å². The fraction of sp³-hybridized carbons (Fsp3) is 0.0769. The van der Waals surface area contributed by atoms with E-state index in [-0.39, 0.29) is 11.6 Å². The second kappa shape index (κ2) is 9.24. The van der Waals surface area contributed by atoms with Crippen molar-refractivity contribution in [2.75, 3.05) is 0 Å². The van der Waals surface area contributed by atoms with Gasteiger partial charge in [0, 0.05) is 22.3 Å². The van der Waals surface area contributed by atoms with Crippen LogP contribution in [0.25, 0.3) is 0 Å². The van der Waals surface area contributed by atoms with E-state index >= 15 is 0 Å². The van der Waals surface area contributed by atoms with Crippen LogP contribution in [0.5, 0.6) is 0 Å². The molecule has 0 spiro atoms. The van der Waals surface area contributed by atoms with Crippen molar-refractivity contribution in [1.29, 1.82) is 0 Å². The van der Waals surface area contributed by atoms with E-state index in [2.05, 4.69) is 0 Å². The van der Waals surface area contributed by atoms with E-state index in [1.54, 1.807) is 24.3 Å². The molecule has 0 aromatic heterocycles. The van der Waals surface area contributed by atoms with Gasteiger partial charge in [0.25, 0.3) is 0 Å². The highest BCUT2D eigenvalue weighted by Crippen LogP contribution is 2.42. The van der Waals surface area contributed by atoms with Crippen LogP contribution in [0.15, 0.2) is 109 Å². The largest absolute Gasteiger partial charge is 0.615 e. The molecular formula is C26H20F2OS. The summed E-state index contributed by atoms with van der Waals surface area (Å²) in [5, 5.41) is -1.15. The van der Waals surface area contributed by atoms with Gasteiger partial charge < -0.3 is 4.55 Å². The van der Waals surface area contributed by atoms with Gasteiger partial charge >= 0.3 is 0 Å². The molecule has 0 fully saturated rings. The minimum absolute atomic E-state index is 0.382. The Morgan fingerprint density at radius 2 is 0.867 bits per heavy atom. The summed E-state index contributed by atoms with van der Waals surface area (Å²) in [6.45, 7) is 0. The SMILES string of the molecule is [O-][S+](C(c1ccccc1)c1cccc(F)c1)C(c1ccccc1)c1cccc(F)c1. The van der Waals surface area contributed by atoms with Crippen molar-refractivity contribution in [1.82, 2.24) is 0 Å². The Morgan fingerprint density at radius 1 is 0.500 bits per heavy atom. The lowest BCUT2D eigenvalue weighted by atomic mass is 10.0. The predicted octanol–water partition coefficient (Wildman–Crippen LogP) is 6.59. The molecule has 4 aromatic rings. The van der Waals surface area contributed by atoms with Gasteiger partial charge in [0.05, 0.1) is 0 Å². The molecule has 4 heteroatoms. The first-order valence-corrected chi connectivity index (χ1v) is 10.9. The van der Waals surface area contributed by atoms with Crippen LogP contribution in [-0.4, -0.2) is 4.55 Å². The quantitative estimate of drug-likeness (QED) is 0.324. The van der Waals surface area contributed by atoms with Crippen LogP contribution in [0.4, 0.5) is 8.78 Å². The Bertz CT molecular complexity index is 1010. The van der Waals surface area contributed by atoms with E-state index in [4.69, 9.17) is 0 Å². The zero-order chi connectivity index (χ0) is 20.9. The van der Waals surface area contributed by atoms with Gasteiger partial charge in [-0.05, 0) is 35.4 Å². The zero-order valence-electron chi connectivity index (χ0n) is 16.1. The number of benzene rings is 4. The van der Waals surface area contributed by atoms with E-state index in [0.29, 0.717) is 11.1 Å². The van der Waals surface area contributed by atoms with E-state index in [9.17, 15) is 13.3 Å². The molecule has 150 valence electrons. The summed E-state index contributed by atoms with van der Waals surface area (Å²) in [6.07, 6.45) is 0. The Kier molecular flexibility index (Phi) is 6.26. The Labute approximate surface area is 178 Å². The van der Waals surface area contributed by atoms with Crippen LogP contribution >= 0.6 is 0 Å². The summed E-state index contributed by atoms with van der Waals surface area (Å²) in [7, 11) is 0. The number of hydrogen-bond donors (Lipinski definition) is 0. The number of rotatable bonds is 6. The highest BCUT2D eigenvalue weighted by atomic mass is 32.2. The zero-order valence-corrected chi connectivity index (χ0v) is 16.9. The molecule has 0 aliphatic carbocycles. The standard InChI is InChI=1S/C26H20F2OS/c27-23-15-7-13-21(17-23)25(19-9-3-1-4-10-19)30(29)26(20-11-5-2-6-12-20)22-14-8-16-24(28)18-22/h1-18,25-26H. The molecule has 4 aromatic carbocycles. The molecule has 0 heterocycles. The van der Waals surface area contributed by atoms with Gasteiger partial charge in [-0.15, -0.1) is 0 Å². The van der Waals surface area contributed by atoms with Crippen molar-refractivity contribution in [2.45, 2.75) is 10.5 Å². The topological polar surface area (TPSA) is 23.1 Å². The molecular weight excluding hydrogens is 398 g/mol. The third-order valence-electron chi connectivity index (χ3n) is 4.97. The van der Waals surface area contributed by atoms with Gasteiger partial charge in [0.2, 0.25) is 0 Å². The summed E-state index contributed by atoms with van der Waals surface area (Å²) in [6, 6.07) is 31.2. The molecule has 1 nitrogen and oxygen atoms in total. The highest BCUT2D eigenvalue weighted by molar-refractivity contribution is 7.92. The van der Waals surface area contributed by atoms with E-state index < -0.39 is 21.7 Å². The van der Waals surface area contributed by atoms with Crippen molar-refractivity contribution in [2.24, 2.45) is 0 Å². The molecule has 2 atom stereocenters. The smallest absolute Gasteiger partial charge is 0.166 e. The second-order valence-electron chi connectivity index (χ2n) is 7.02. The van der Waals surface area contributed by atoms with Gasteiger partial charge in [0.1, 0.15) is 11.6 Å². The fourth-order valence-electron chi connectivity index (χ4n) is 3.65. The van der Waals surface area contributed by atoms with Gasteiger partial charge in [0.15, 0.2) is 10.5 Å². The molecule has 0 bridgehead atoms. The molecule has 0 radical (unpaired) electrons. The first-order valence-electron chi connectivity index (χ1n) is 9.63. The van der Waals surface area contributed by atoms with Crippen molar-refractivity contribution in [3.05, 3.63) is 143 Å². The van der Waals surface area contributed by atoms with Gasteiger partial charge in [-0.2, -0.15) is 0 Å². The van der Waals surface area contributed by atoms with Crippen LogP contribution in [0.3, 0.4) is 0 Å². The maximum absolute atomic E-state index is 14.1. The van der Waals surface area contributed by atoms with Gasteiger partial charge in [-0.3, -0.25) is 0 Å². The normalized spacial score (nSPS) is 14.1. The number of hydrogen-bond acceptors (Lipinski definition) is 1. The first kappa shape index (κ1) is 20.3. The number of halogens is 2. The van der Waals surface area contributed by atoms with Gasteiger partial charge in [-0.25, -0.2) is 8.78 Å². The van der Waals surface area contributed by atoms with Crippen molar-refractivity contribution >= 4 is 11.2 Å². The van der Waals surface area contributed by atoms with Crippen LogP contribution in [0.1, 0.15) is 32.8 Å². The van der Waals surface area contributed by atoms with Crippen molar-refractivity contribution in [3.8, 4) is 0 Å². The van der Waals surface area contributed by atoms with E-state index in [1.807, 2.05) is 60.7 Å². The molecule has 0 saturated carbocycles. The third kappa shape index (κ3) is 4.45. The molecule has 0 N–H and O–H groups in total. The van der Waals surface area contributed by atoms with Crippen LogP contribution in [0, 0.1) is 11.6 Å². The van der Waals surface area contributed by atoms with Crippen molar-refractivity contribution < 1.29 is 13.3 Å². The Balaban J connectivity index is 1.87. The first-order chi connectivity index (χ1) is 14.6. The summed E-state index contributed by atoms with van der Waals surface area (Å²) in [5.41, 5.74) is 2.88. The van der Waals surface area contributed by atoms with Crippen LogP contribution < -0.4 is 0 Å². The summed E-state index contributed by atoms with van der Waals surface area (Å²) >= 11 is -1.55. The van der Waals surface area contributed by atoms with Crippen LogP contribution in [0.2, 0.25) is 0 Å². The average Bonchev–Trinajstić information content (AvgIpc) is 2.76. The minimum Gasteiger partial charge on any atom is -0.615 e.